The number of carbonyl (C=O) groups is 1. The Morgan fingerprint density at radius 2 is 1.73 bits per heavy atom. The maximum atomic E-state index is 14.1. The number of hydrogen-bond acceptors (Lipinski definition) is 3. The van der Waals surface area contributed by atoms with Crippen molar-refractivity contribution in [3.05, 3.63) is 107 Å². The molecular weight excluding hydrogens is 503 g/mol. The lowest BCUT2D eigenvalue weighted by Gasteiger charge is -2.26. The van der Waals surface area contributed by atoms with Gasteiger partial charge >= 0.3 is 5.97 Å². The second-order valence-corrected chi connectivity index (χ2v) is 12.1. The van der Waals surface area contributed by atoms with Crippen LogP contribution in [0.2, 0.25) is 0 Å². The van der Waals surface area contributed by atoms with E-state index in [1.807, 2.05) is 60.7 Å². The quantitative estimate of drug-likeness (QED) is 0.218. The average molecular weight is 539 g/mol. The number of aromatic nitrogens is 2. The number of carboxylic acid groups (broad SMARTS) is 1. The number of rotatable bonds is 8. The Morgan fingerprint density at radius 3 is 2.45 bits per heavy atom. The van der Waals surface area contributed by atoms with Gasteiger partial charge < -0.3 is 14.4 Å². The van der Waals surface area contributed by atoms with E-state index in [0.29, 0.717) is 25.3 Å². The van der Waals surface area contributed by atoms with Gasteiger partial charge in [0.2, 0.25) is 0 Å². The molecule has 0 amide bonds. The molecule has 0 saturated heterocycles. The minimum atomic E-state index is -0.991. The second-order valence-electron chi connectivity index (χ2n) is 12.1. The molecule has 0 bridgehead atoms. The zero-order chi connectivity index (χ0) is 28.7. The van der Waals surface area contributed by atoms with Gasteiger partial charge in [-0.3, -0.25) is 4.79 Å². The average Bonchev–Trinajstić information content (AvgIpc) is 3.19. The van der Waals surface area contributed by atoms with Crippen molar-refractivity contribution in [1.82, 2.24) is 9.55 Å². The summed E-state index contributed by atoms with van der Waals surface area (Å²) in [5.41, 5.74) is 4.27. The summed E-state index contributed by atoms with van der Waals surface area (Å²) < 4.78 is 22.5. The Balaban J connectivity index is 1.59. The highest BCUT2D eigenvalue weighted by atomic mass is 19.1. The van der Waals surface area contributed by atoms with Gasteiger partial charge in [-0.1, -0.05) is 57.2 Å². The summed E-state index contributed by atoms with van der Waals surface area (Å²) in [4.78, 5) is 16.9. The van der Waals surface area contributed by atoms with Crippen LogP contribution in [0.5, 0.6) is 5.75 Å². The smallest absolute Gasteiger partial charge is 0.309 e. The van der Waals surface area contributed by atoms with E-state index in [-0.39, 0.29) is 11.2 Å². The minimum absolute atomic E-state index is 0.284. The number of ether oxygens (including phenoxy) is 1. The van der Waals surface area contributed by atoms with Crippen molar-refractivity contribution in [2.75, 3.05) is 0 Å². The first-order valence-electron chi connectivity index (χ1n) is 13.5. The standard InChI is InChI=1S/C34H35FN2O3/c1-33(2,3)31-27-18-26(40-21-25-14-13-23-10-6-7-12-28(23)36-25)15-16-29(27)37(20-22-9-8-11-24(35)17-22)30(31)19-34(4,5)32(38)39/h6-18H,19-21H2,1-5H3,(H,38,39). The molecule has 206 valence electrons. The van der Waals surface area contributed by atoms with E-state index < -0.39 is 11.4 Å². The highest BCUT2D eigenvalue weighted by Crippen LogP contribution is 2.40. The SMILES string of the molecule is CC(C)(Cc1c(C(C)(C)C)c2cc(OCc3ccc4ccccc4n3)ccc2n1Cc1cccc(F)c1)C(=O)O. The highest BCUT2D eigenvalue weighted by molar-refractivity contribution is 5.88. The third-order valence-electron chi connectivity index (χ3n) is 7.35. The van der Waals surface area contributed by atoms with E-state index in [1.165, 1.54) is 12.1 Å². The van der Waals surface area contributed by atoms with Gasteiger partial charge in [-0.2, -0.15) is 0 Å². The normalized spacial score (nSPS) is 12.2. The third kappa shape index (κ3) is 5.57. The summed E-state index contributed by atoms with van der Waals surface area (Å²) in [5.74, 6) is -0.447. The Labute approximate surface area is 234 Å². The Kier molecular flexibility index (Phi) is 7.13. The fraction of sp³-hybridized carbons (Fsp3) is 0.294. The van der Waals surface area contributed by atoms with Crippen LogP contribution in [0.1, 0.15) is 57.1 Å². The first kappa shape index (κ1) is 27.4. The van der Waals surface area contributed by atoms with Crippen LogP contribution in [0.25, 0.3) is 21.8 Å². The number of pyridine rings is 1. The molecule has 0 aliphatic heterocycles. The van der Waals surface area contributed by atoms with Crippen LogP contribution in [0.3, 0.4) is 0 Å². The summed E-state index contributed by atoms with van der Waals surface area (Å²) in [6.07, 6.45) is 0.329. The number of carboxylic acids is 1. The largest absolute Gasteiger partial charge is 0.487 e. The van der Waals surface area contributed by atoms with Gasteiger partial charge in [-0.15, -0.1) is 0 Å². The minimum Gasteiger partial charge on any atom is -0.487 e. The Bertz CT molecular complexity index is 1710. The first-order valence-corrected chi connectivity index (χ1v) is 13.5. The van der Waals surface area contributed by atoms with Gasteiger partial charge in [-0.25, -0.2) is 9.37 Å². The number of hydrogen-bond donors (Lipinski definition) is 1. The fourth-order valence-electron chi connectivity index (χ4n) is 5.34. The van der Waals surface area contributed by atoms with Gasteiger partial charge in [0.15, 0.2) is 0 Å². The van der Waals surface area contributed by atoms with Gasteiger partial charge in [0.05, 0.1) is 16.6 Å². The van der Waals surface area contributed by atoms with Crippen LogP contribution in [-0.2, 0) is 29.8 Å². The van der Waals surface area contributed by atoms with Crippen LogP contribution in [0, 0.1) is 11.2 Å². The van der Waals surface area contributed by atoms with E-state index in [4.69, 9.17) is 9.72 Å². The lowest BCUT2D eigenvalue weighted by Crippen LogP contribution is -2.29. The Morgan fingerprint density at radius 1 is 0.950 bits per heavy atom. The Hall–Kier alpha value is -4.19. The number of aliphatic carboxylic acids is 1. The van der Waals surface area contributed by atoms with Gasteiger partial charge in [0.1, 0.15) is 18.2 Å². The van der Waals surface area contributed by atoms with Crippen molar-refractivity contribution in [3.8, 4) is 5.75 Å². The van der Waals surface area contributed by atoms with E-state index in [0.717, 1.165) is 44.3 Å². The maximum absolute atomic E-state index is 14.1. The van der Waals surface area contributed by atoms with E-state index in [1.54, 1.807) is 19.9 Å². The second kappa shape index (κ2) is 10.4. The molecule has 0 fully saturated rings. The molecule has 0 spiro atoms. The topological polar surface area (TPSA) is 64.4 Å². The van der Waals surface area contributed by atoms with Gasteiger partial charge in [0, 0.05) is 34.9 Å². The van der Waals surface area contributed by atoms with E-state index >= 15 is 0 Å². The summed E-state index contributed by atoms with van der Waals surface area (Å²) in [5, 5.41) is 12.1. The molecule has 0 radical (unpaired) electrons. The number of para-hydroxylation sites is 1. The van der Waals surface area contributed by atoms with Crippen LogP contribution < -0.4 is 4.74 Å². The number of benzene rings is 3. The van der Waals surface area contributed by atoms with Crippen molar-refractivity contribution >= 4 is 27.8 Å². The van der Waals surface area contributed by atoms with Gasteiger partial charge in [-0.05, 0) is 72.9 Å². The third-order valence-corrected chi connectivity index (χ3v) is 7.35. The van der Waals surface area contributed by atoms with Crippen molar-refractivity contribution < 1.29 is 19.0 Å². The highest BCUT2D eigenvalue weighted by Gasteiger charge is 2.34. The molecular formula is C34H35FN2O3. The molecule has 2 heterocycles. The maximum Gasteiger partial charge on any atom is 0.309 e. The summed E-state index contributed by atoms with van der Waals surface area (Å²) in [6, 6.07) is 24.6. The summed E-state index contributed by atoms with van der Waals surface area (Å²) in [7, 11) is 0. The van der Waals surface area contributed by atoms with E-state index in [9.17, 15) is 14.3 Å². The van der Waals surface area contributed by atoms with Crippen molar-refractivity contribution in [1.29, 1.82) is 0 Å². The molecule has 1 N–H and O–H groups in total. The zero-order valence-corrected chi connectivity index (χ0v) is 23.7. The predicted molar refractivity (Wildman–Crippen MR) is 157 cm³/mol. The molecule has 0 saturated carbocycles. The molecule has 0 atom stereocenters. The van der Waals surface area contributed by atoms with Crippen LogP contribution in [0.15, 0.2) is 78.9 Å². The van der Waals surface area contributed by atoms with Crippen LogP contribution >= 0.6 is 0 Å². The van der Waals surface area contributed by atoms with Crippen LogP contribution in [-0.4, -0.2) is 20.6 Å². The van der Waals surface area contributed by atoms with Crippen LogP contribution in [0.4, 0.5) is 4.39 Å². The van der Waals surface area contributed by atoms with Crippen molar-refractivity contribution in [2.45, 2.75) is 59.6 Å². The van der Waals surface area contributed by atoms with E-state index in [2.05, 4.69) is 25.3 Å². The molecule has 3 aromatic carbocycles. The molecule has 5 nitrogen and oxygen atoms in total. The van der Waals surface area contributed by atoms with Crippen molar-refractivity contribution in [2.24, 2.45) is 5.41 Å². The summed E-state index contributed by atoms with van der Waals surface area (Å²) >= 11 is 0. The monoisotopic (exact) mass is 538 g/mol. The number of nitrogens with zero attached hydrogens (tertiary/aromatic N) is 2. The number of fused-ring (bicyclic) bond motifs is 2. The lowest BCUT2D eigenvalue weighted by atomic mass is 9.80. The molecule has 2 aromatic heterocycles. The fourth-order valence-corrected chi connectivity index (χ4v) is 5.34. The zero-order valence-electron chi connectivity index (χ0n) is 23.7. The first-order chi connectivity index (χ1) is 18.9. The molecule has 0 aliphatic rings. The molecule has 6 heteroatoms. The molecule has 5 aromatic rings. The molecule has 0 unspecified atom stereocenters. The summed E-state index contributed by atoms with van der Waals surface area (Å²) in [6.45, 7) is 10.7. The predicted octanol–water partition coefficient (Wildman–Crippen LogP) is 7.91. The lowest BCUT2D eigenvalue weighted by molar-refractivity contribution is -0.146. The molecule has 0 aliphatic carbocycles. The number of halogens is 1. The molecule has 40 heavy (non-hydrogen) atoms. The molecule has 5 rings (SSSR count). The van der Waals surface area contributed by atoms with Gasteiger partial charge in [0.25, 0.3) is 0 Å². The van der Waals surface area contributed by atoms with Crippen molar-refractivity contribution in [3.63, 3.8) is 0 Å².